The van der Waals surface area contributed by atoms with E-state index in [9.17, 15) is 4.39 Å². The van der Waals surface area contributed by atoms with Crippen molar-refractivity contribution in [1.82, 2.24) is 14.5 Å². The third kappa shape index (κ3) is 3.33. The minimum absolute atomic E-state index is 0.123. The number of benzene rings is 2. The lowest BCUT2D eigenvalue weighted by atomic mass is 10.1. The van der Waals surface area contributed by atoms with Crippen LogP contribution in [0.2, 0.25) is 0 Å². The van der Waals surface area contributed by atoms with Gasteiger partial charge in [0.1, 0.15) is 18.0 Å². The van der Waals surface area contributed by atoms with Gasteiger partial charge in [-0.25, -0.2) is 14.4 Å². The van der Waals surface area contributed by atoms with Gasteiger partial charge < -0.3 is 14.2 Å². The lowest BCUT2D eigenvalue weighted by Gasteiger charge is -2.36. The molecule has 1 aliphatic rings. The fraction of sp³-hybridized carbons (Fsp3) is 0.250. The van der Waals surface area contributed by atoms with Gasteiger partial charge in [0.05, 0.1) is 17.6 Å². The Bertz CT molecular complexity index is 1160. The van der Waals surface area contributed by atoms with Crippen LogP contribution in [0.25, 0.3) is 27.8 Å². The van der Waals surface area contributed by atoms with Crippen molar-refractivity contribution in [2.45, 2.75) is 26.1 Å². The monoisotopic (exact) mass is 402 g/mol. The Labute approximate surface area is 174 Å². The molecule has 0 unspecified atom stereocenters. The number of morpholine rings is 1. The molecule has 1 aliphatic heterocycles. The summed E-state index contributed by atoms with van der Waals surface area (Å²) in [6.07, 6.45) is 3.92. The first-order chi connectivity index (χ1) is 14.6. The van der Waals surface area contributed by atoms with Crippen LogP contribution in [0.4, 0.5) is 10.2 Å². The van der Waals surface area contributed by atoms with Crippen LogP contribution in [0.5, 0.6) is 0 Å². The second kappa shape index (κ2) is 7.54. The predicted octanol–water partition coefficient (Wildman–Crippen LogP) is 4.84. The van der Waals surface area contributed by atoms with E-state index in [0.29, 0.717) is 0 Å². The van der Waals surface area contributed by atoms with E-state index < -0.39 is 0 Å². The highest BCUT2D eigenvalue weighted by Crippen LogP contribution is 2.37. The van der Waals surface area contributed by atoms with Gasteiger partial charge in [-0.05, 0) is 43.7 Å². The van der Waals surface area contributed by atoms with Gasteiger partial charge in [0.15, 0.2) is 5.65 Å². The maximum absolute atomic E-state index is 13.5. The Morgan fingerprint density at radius 1 is 0.933 bits per heavy atom. The number of ether oxygens (including phenoxy) is 1. The van der Waals surface area contributed by atoms with Crippen molar-refractivity contribution < 1.29 is 9.13 Å². The molecule has 3 heterocycles. The molecule has 0 aliphatic carbocycles. The second-order valence-electron chi connectivity index (χ2n) is 7.81. The summed E-state index contributed by atoms with van der Waals surface area (Å²) in [6.45, 7) is 5.71. The average molecular weight is 402 g/mol. The van der Waals surface area contributed by atoms with Crippen molar-refractivity contribution in [3.63, 3.8) is 0 Å². The lowest BCUT2D eigenvalue weighted by Crippen LogP contribution is -2.46. The van der Waals surface area contributed by atoms with Crippen molar-refractivity contribution in [3.05, 3.63) is 72.9 Å². The quantitative estimate of drug-likeness (QED) is 0.492. The van der Waals surface area contributed by atoms with E-state index in [4.69, 9.17) is 9.72 Å². The number of nitrogens with zero attached hydrogens (tertiary/aromatic N) is 4. The number of hydrogen-bond donors (Lipinski definition) is 0. The van der Waals surface area contributed by atoms with Crippen LogP contribution >= 0.6 is 0 Å². The molecule has 6 heteroatoms. The van der Waals surface area contributed by atoms with E-state index in [1.54, 1.807) is 18.5 Å². The summed E-state index contributed by atoms with van der Waals surface area (Å²) < 4.78 is 21.4. The highest BCUT2D eigenvalue weighted by molar-refractivity contribution is 6.02. The van der Waals surface area contributed by atoms with Crippen LogP contribution in [0.1, 0.15) is 13.8 Å². The van der Waals surface area contributed by atoms with Crippen molar-refractivity contribution in [2.75, 3.05) is 18.0 Å². The predicted molar refractivity (Wildman–Crippen MR) is 116 cm³/mol. The van der Waals surface area contributed by atoms with E-state index >= 15 is 0 Å². The molecule has 1 saturated heterocycles. The summed E-state index contributed by atoms with van der Waals surface area (Å²) in [7, 11) is 0. The van der Waals surface area contributed by atoms with Gasteiger partial charge in [-0.1, -0.05) is 30.3 Å². The highest BCUT2D eigenvalue weighted by Gasteiger charge is 2.27. The molecule has 0 spiro atoms. The Kier molecular flexibility index (Phi) is 4.71. The van der Waals surface area contributed by atoms with E-state index in [-0.39, 0.29) is 18.0 Å². The third-order valence-corrected chi connectivity index (χ3v) is 5.47. The molecule has 0 N–H and O–H groups in total. The number of hydrogen-bond acceptors (Lipinski definition) is 4. The molecule has 0 amide bonds. The largest absolute Gasteiger partial charge is 0.372 e. The van der Waals surface area contributed by atoms with Gasteiger partial charge in [0.25, 0.3) is 0 Å². The molecule has 5 nitrogen and oxygen atoms in total. The minimum atomic E-state index is -0.259. The molecule has 30 heavy (non-hydrogen) atoms. The van der Waals surface area contributed by atoms with Gasteiger partial charge in [-0.3, -0.25) is 0 Å². The summed E-state index contributed by atoms with van der Waals surface area (Å²) in [5, 5.41) is 0.995. The first-order valence-corrected chi connectivity index (χ1v) is 10.2. The van der Waals surface area contributed by atoms with Crippen LogP contribution < -0.4 is 4.90 Å². The smallest absolute Gasteiger partial charge is 0.150 e. The first kappa shape index (κ1) is 18.8. The van der Waals surface area contributed by atoms with Gasteiger partial charge in [-0.2, -0.15) is 0 Å². The molecular weight excluding hydrogens is 379 g/mol. The van der Waals surface area contributed by atoms with Crippen LogP contribution in [0.3, 0.4) is 0 Å². The summed E-state index contributed by atoms with van der Waals surface area (Å²) in [5.41, 5.74) is 3.81. The molecule has 152 valence electrons. The summed E-state index contributed by atoms with van der Waals surface area (Å²) in [6, 6.07) is 16.7. The lowest BCUT2D eigenvalue weighted by molar-refractivity contribution is -0.00537. The van der Waals surface area contributed by atoms with E-state index in [0.717, 1.165) is 46.8 Å². The minimum Gasteiger partial charge on any atom is -0.372 e. The normalized spacial score (nSPS) is 19.4. The van der Waals surface area contributed by atoms with Gasteiger partial charge in [0, 0.05) is 30.5 Å². The molecule has 2 atom stereocenters. The van der Waals surface area contributed by atoms with Crippen LogP contribution in [0.15, 0.2) is 67.1 Å². The Hall–Kier alpha value is -3.25. The van der Waals surface area contributed by atoms with Crippen LogP contribution in [-0.2, 0) is 4.74 Å². The van der Waals surface area contributed by atoms with Crippen molar-refractivity contribution in [1.29, 1.82) is 0 Å². The Morgan fingerprint density at radius 2 is 1.63 bits per heavy atom. The molecule has 0 bridgehead atoms. The van der Waals surface area contributed by atoms with Crippen molar-refractivity contribution in [2.24, 2.45) is 0 Å². The van der Waals surface area contributed by atoms with E-state index in [1.165, 1.54) is 12.1 Å². The van der Waals surface area contributed by atoms with E-state index in [2.05, 4.69) is 42.1 Å². The molecule has 4 aromatic rings. The fourth-order valence-electron chi connectivity index (χ4n) is 4.27. The molecule has 1 fully saturated rings. The molecule has 5 rings (SSSR count). The Morgan fingerprint density at radius 3 is 2.33 bits per heavy atom. The number of fused-ring (bicyclic) bond motifs is 1. The zero-order chi connectivity index (χ0) is 20.7. The molecule has 2 aromatic carbocycles. The Balaban J connectivity index is 1.75. The fourth-order valence-corrected chi connectivity index (χ4v) is 4.27. The SMILES string of the molecule is C[C@H]1CN(c2ncnc3c2c(-c2ccccc2)cn3-c2ccc(F)cc2)C[C@H](C)O1. The van der Waals surface area contributed by atoms with Crippen molar-refractivity contribution >= 4 is 16.9 Å². The average Bonchev–Trinajstić information content (AvgIpc) is 3.14. The maximum atomic E-state index is 13.5. The zero-order valence-corrected chi connectivity index (χ0v) is 17.0. The highest BCUT2D eigenvalue weighted by atomic mass is 19.1. The summed E-state index contributed by atoms with van der Waals surface area (Å²) in [4.78, 5) is 11.6. The molecule has 0 saturated carbocycles. The molecule has 0 radical (unpaired) electrons. The van der Waals surface area contributed by atoms with Crippen LogP contribution in [0, 0.1) is 5.82 Å². The van der Waals surface area contributed by atoms with E-state index in [1.807, 2.05) is 22.8 Å². The second-order valence-corrected chi connectivity index (χ2v) is 7.81. The first-order valence-electron chi connectivity index (χ1n) is 10.2. The van der Waals surface area contributed by atoms with Crippen LogP contribution in [-0.4, -0.2) is 39.8 Å². The summed E-state index contributed by atoms with van der Waals surface area (Å²) in [5.74, 6) is 0.645. The topological polar surface area (TPSA) is 43.2 Å². The number of rotatable bonds is 3. The maximum Gasteiger partial charge on any atom is 0.150 e. The number of anilines is 1. The summed E-state index contributed by atoms with van der Waals surface area (Å²) >= 11 is 0. The number of halogens is 1. The zero-order valence-electron chi connectivity index (χ0n) is 17.0. The van der Waals surface area contributed by atoms with Gasteiger partial charge in [-0.15, -0.1) is 0 Å². The number of aromatic nitrogens is 3. The third-order valence-electron chi connectivity index (χ3n) is 5.47. The van der Waals surface area contributed by atoms with Gasteiger partial charge in [0.2, 0.25) is 0 Å². The van der Waals surface area contributed by atoms with Crippen molar-refractivity contribution in [3.8, 4) is 16.8 Å². The van der Waals surface area contributed by atoms with Gasteiger partial charge >= 0.3 is 0 Å². The standard InChI is InChI=1S/C24H23FN4O/c1-16-12-28(13-17(2)30-16)23-22-21(18-6-4-3-5-7-18)14-29(24(22)27-15-26-23)20-10-8-19(25)9-11-20/h3-11,14-17H,12-13H2,1-2H3/t16-,17-/m0/s1. The molecule has 2 aromatic heterocycles. The molecular formula is C24H23FN4O.